The van der Waals surface area contributed by atoms with Crippen molar-refractivity contribution < 1.29 is 9.84 Å². The minimum atomic E-state index is -0.123. The first-order chi connectivity index (χ1) is 4.66. The van der Waals surface area contributed by atoms with Crippen LogP contribution in [0, 0.1) is 5.92 Å². The molecule has 2 heteroatoms. The SMILES string of the molecule is CC(C)CC(C)OCC[O]. The Labute approximate surface area is 63.2 Å². The quantitative estimate of drug-likeness (QED) is 0.580. The van der Waals surface area contributed by atoms with Crippen LogP contribution in [0.5, 0.6) is 0 Å². The molecular formula is C8H17O2. The van der Waals surface area contributed by atoms with Crippen molar-refractivity contribution in [2.45, 2.75) is 33.3 Å². The molecule has 0 fully saturated rings. The van der Waals surface area contributed by atoms with E-state index in [1.165, 1.54) is 0 Å². The van der Waals surface area contributed by atoms with Gasteiger partial charge in [-0.1, -0.05) is 13.8 Å². The second-order valence-electron chi connectivity index (χ2n) is 3.02. The summed E-state index contributed by atoms with van der Waals surface area (Å²) in [6.45, 7) is 6.54. The predicted octanol–water partition coefficient (Wildman–Crippen LogP) is 1.87. The van der Waals surface area contributed by atoms with Crippen molar-refractivity contribution in [3.05, 3.63) is 0 Å². The molecule has 0 saturated carbocycles. The van der Waals surface area contributed by atoms with Crippen LogP contribution in [0.15, 0.2) is 0 Å². The van der Waals surface area contributed by atoms with Gasteiger partial charge in [-0.3, -0.25) is 0 Å². The van der Waals surface area contributed by atoms with Crippen LogP contribution in [-0.2, 0) is 9.84 Å². The maximum Gasteiger partial charge on any atom is 0.106 e. The molecule has 2 nitrogen and oxygen atoms in total. The second kappa shape index (κ2) is 5.69. The molecule has 0 rings (SSSR count). The zero-order valence-electron chi connectivity index (χ0n) is 7.09. The van der Waals surface area contributed by atoms with Gasteiger partial charge in [0, 0.05) is 0 Å². The van der Waals surface area contributed by atoms with Gasteiger partial charge in [0.05, 0.1) is 12.7 Å². The maximum atomic E-state index is 10.00. The van der Waals surface area contributed by atoms with Gasteiger partial charge in [0.2, 0.25) is 0 Å². The summed E-state index contributed by atoms with van der Waals surface area (Å²) in [6, 6.07) is 0. The molecule has 61 valence electrons. The van der Waals surface area contributed by atoms with E-state index in [1.54, 1.807) is 0 Å². The number of rotatable bonds is 5. The summed E-state index contributed by atoms with van der Waals surface area (Å²) in [7, 11) is 0. The van der Waals surface area contributed by atoms with Crippen molar-refractivity contribution in [2.75, 3.05) is 13.2 Å². The smallest absolute Gasteiger partial charge is 0.106 e. The van der Waals surface area contributed by atoms with Gasteiger partial charge in [0.15, 0.2) is 0 Å². The molecule has 0 heterocycles. The zero-order valence-corrected chi connectivity index (χ0v) is 7.09. The highest BCUT2D eigenvalue weighted by atomic mass is 16.5. The molecule has 0 amide bonds. The Morgan fingerprint density at radius 1 is 1.30 bits per heavy atom. The summed E-state index contributed by atoms with van der Waals surface area (Å²) in [6.07, 6.45) is 1.29. The lowest BCUT2D eigenvalue weighted by Crippen LogP contribution is -2.13. The van der Waals surface area contributed by atoms with E-state index < -0.39 is 0 Å². The molecule has 0 aliphatic heterocycles. The van der Waals surface area contributed by atoms with Crippen LogP contribution >= 0.6 is 0 Å². The molecule has 1 atom stereocenters. The van der Waals surface area contributed by atoms with Gasteiger partial charge < -0.3 is 4.74 Å². The summed E-state index contributed by atoms with van der Waals surface area (Å²) in [5.74, 6) is 0.654. The standard InChI is InChI=1S/C8H17O2/c1-7(2)6-8(3)10-5-4-9/h7-8H,4-6H2,1-3H3. The summed E-state index contributed by atoms with van der Waals surface area (Å²) >= 11 is 0. The van der Waals surface area contributed by atoms with E-state index in [0.717, 1.165) is 6.42 Å². The van der Waals surface area contributed by atoms with Gasteiger partial charge in [-0.25, -0.2) is 5.11 Å². The molecule has 0 saturated heterocycles. The van der Waals surface area contributed by atoms with Crippen molar-refractivity contribution >= 4 is 0 Å². The Kier molecular flexibility index (Phi) is 5.64. The first-order valence-electron chi connectivity index (χ1n) is 3.86. The maximum absolute atomic E-state index is 10.00. The van der Waals surface area contributed by atoms with Gasteiger partial charge in [-0.2, -0.15) is 0 Å². The molecular weight excluding hydrogens is 128 g/mol. The van der Waals surface area contributed by atoms with Gasteiger partial charge in [-0.15, -0.1) is 0 Å². The Hall–Kier alpha value is -0.0800. The Bertz CT molecular complexity index is 71.7. The molecule has 0 aromatic heterocycles. The predicted molar refractivity (Wildman–Crippen MR) is 40.4 cm³/mol. The van der Waals surface area contributed by atoms with Gasteiger partial charge in [0.1, 0.15) is 6.61 Å². The van der Waals surface area contributed by atoms with Gasteiger partial charge in [-0.05, 0) is 19.3 Å². The average molecular weight is 145 g/mol. The highest BCUT2D eigenvalue weighted by Gasteiger charge is 2.03. The van der Waals surface area contributed by atoms with Crippen molar-refractivity contribution in [3.8, 4) is 0 Å². The van der Waals surface area contributed by atoms with Crippen LogP contribution in [0.25, 0.3) is 0 Å². The van der Waals surface area contributed by atoms with Crippen molar-refractivity contribution in [2.24, 2.45) is 5.92 Å². The topological polar surface area (TPSA) is 29.1 Å². The lowest BCUT2D eigenvalue weighted by molar-refractivity contribution is 0.0121. The minimum Gasteiger partial charge on any atom is -0.376 e. The molecule has 0 aliphatic rings. The van der Waals surface area contributed by atoms with Crippen molar-refractivity contribution in [1.29, 1.82) is 0 Å². The highest BCUT2D eigenvalue weighted by molar-refractivity contribution is 4.53. The largest absolute Gasteiger partial charge is 0.376 e. The fourth-order valence-electron chi connectivity index (χ4n) is 0.981. The molecule has 1 unspecified atom stereocenters. The van der Waals surface area contributed by atoms with E-state index in [2.05, 4.69) is 13.8 Å². The third kappa shape index (κ3) is 6.05. The van der Waals surface area contributed by atoms with Crippen molar-refractivity contribution in [3.63, 3.8) is 0 Å². The van der Waals surface area contributed by atoms with E-state index in [9.17, 15) is 5.11 Å². The van der Waals surface area contributed by atoms with Crippen LogP contribution < -0.4 is 0 Å². The van der Waals surface area contributed by atoms with Crippen LogP contribution in [0.3, 0.4) is 0 Å². The molecule has 0 aliphatic carbocycles. The Morgan fingerprint density at radius 3 is 2.30 bits per heavy atom. The first-order valence-corrected chi connectivity index (χ1v) is 3.86. The van der Waals surface area contributed by atoms with E-state index in [4.69, 9.17) is 4.74 Å². The van der Waals surface area contributed by atoms with E-state index >= 15 is 0 Å². The normalized spacial score (nSPS) is 14.1. The second-order valence-corrected chi connectivity index (χ2v) is 3.02. The van der Waals surface area contributed by atoms with Crippen LogP contribution in [-0.4, -0.2) is 19.3 Å². The number of hydrogen-bond acceptors (Lipinski definition) is 1. The van der Waals surface area contributed by atoms with E-state index in [1.807, 2.05) is 6.92 Å². The monoisotopic (exact) mass is 145 g/mol. The lowest BCUT2D eigenvalue weighted by atomic mass is 10.1. The van der Waals surface area contributed by atoms with Crippen LogP contribution in [0.2, 0.25) is 0 Å². The molecule has 0 spiro atoms. The molecule has 0 N–H and O–H groups in total. The zero-order chi connectivity index (χ0) is 7.98. The van der Waals surface area contributed by atoms with Gasteiger partial charge in [0.25, 0.3) is 0 Å². The van der Waals surface area contributed by atoms with Crippen LogP contribution in [0.1, 0.15) is 27.2 Å². The summed E-state index contributed by atoms with van der Waals surface area (Å²) in [5, 5.41) is 10.00. The minimum absolute atomic E-state index is 0.123. The molecule has 0 bridgehead atoms. The first kappa shape index (κ1) is 9.92. The third-order valence-corrected chi connectivity index (χ3v) is 1.29. The summed E-state index contributed by atoms with van der Waals surface area (Å²) in [5.41, 5.74) is 0. The number of ether oxygens (including phenoxy) is 1. The highest BCUT2D eigenvalue weighted by Crippen LogP contribution is 2.06. The van der Waals surface area contributed by atoms with Crippen molar-refractivity contribution in [1.82, 2.24) is 0 Å². The molecule has 0 aromatic carbocycles. The molecule has 1 radical (unpaired) electrons. The number of hydrogen-bond donors (Lipinski definition) is 0. The fourth-order valence-corrected chi connectivity index (χ4v) is 0.981. The van der Waals surface area contributed by atoms with Crippen LogP contribution in [0.4, 0.5) is 0 Å². The third-order valence-electron chi connectivity index (χ3n) is 1.29. The average Bonchev–Trinajstić information content (AvgIpc) is 1.82. The summed E-state index contributed by atoms with van der Waals surface area (Å²) in [4.78, 5) is 0. The summed E-state index contributed by atoms with van der Waals surface area (Å²) < 4.78 is 5.19. The Morgan fingerprint density at radius 2 is 1.90 bits per heavy atom. The fraction of sp³-hybridized carbons (Fsp3) is 1.00. The Balaban J connectivity index is 3.16. The van der Waals surface area contributed by atoms with E-state index in [0.29, 0.717) is 12.5 Å². The molecule has 0 aromatic rings. The van der Waals surface area contributed by atoms with E-state index in [-0.39, 0.29) is 12.7 Å². The molecule has 10 heavy (non-hydrogen) atoms. The lowest BCUT2D eigenvalue weighted by Gasteiger charge is -2.13. The van der Waals surface area contributed by atoms with Gasteiger partial charge >= 0.3 is 0 Å².